The number of ether oxygens (including phenoxy) is 2. The molecule has 1 amide bonds. The molecule has 2 N–H and O–H groups in total. The second kappa shape index (κ2) is 8.95. The molecule has 0 aliphatic rings. The van der Waals surface area contributed by atoms with E-state index >= 15 is 0 Å². The highest BCUT2D eigenvalue weighted by Crippen LogP contribution is 2.13. The Morgan fingerprint density at radius 1 is 1.12 bits per heavy atom. The third-order valence-electron chi connectivity index (χ3n) is 3.02. The molecule has 0 fully saturated rings. The maximum absolute atomic E-state index is 13.5. The molecule has 24 heavy (non-hydrogen) atoms. The smallest absolute Gasteiger partial charge is 0.257 e. The number of rotatable bonds is 6. The molecule has 7 heteroatoms. The molecule has 0 atom stereocenters. The first-order valence-corrected chi connectivity index (χ1v) is 7.59. The van der Waals surface area contributed by atoms with Crippen LogP contribution in [0.2, 0.25) is 0 Å². The quantitative estimate of drug-likeness (QED) is 0.621. The third-order valence-corrected chi connectivity index (χ3v) is 3.23. The molecule has 0 spiro atoms. The lowest BCUT2D eigenvalue weighted by atomic mass is 10.2. The van der Waals surface area contributed by atoms with Gasteiger partial charge >= 0.3 is 0 Å². The van der Waals surface area contributed by atoms with Crippen LogP contribution in [0.1, 0.15) is 10.4 Å². The molecule has 0 bridgehead atoms. The predicted molar refractivity (Wildman–Crippen MR) is 93.9 cm³/mol. The number of carbonyl (C=O) groups excluding carboxylic acids is 1. The molecule has 0 aliphatic carbocycles. The molecule has 0 aromatic heterocycles. The van der Waals surface area contributed by atoms with Crippen molar-refractivity contribution in [3.8, 4) is 5.75 Å². The van der Waals surface area contributed by atoms with Gasteiger partial charge < -0.3 is 14.8 Å². The van der Waals surface area contributed by atoms with Crippen molar-refractivity contribution >= 4 is 28.9 Å². The van der Waals surface area contributed by atoms with Crippen LogP contribution in [-0.4, -0.2) is 31.3 Å². The van der Waals surface area contributed by atoms with Crippen LogP contribution in [0.4, 0.5) is 10.1 Å². The van der Waals surface area contributed by atoms with Gasteiger partial charge in [0.2, 0.25) is 0 Å². The van der Waals surface area contributed by atoms with Gasteiger partial charge in [-0.2, -0.15) is 0 Å². The zero-order valence-corrected chi connectivity index (χ0v) is 13.9. The molecular formula is C17H17FN2O3S. The van der Waals surface area contributed by atoms with E-state index in [4.69, 9.17) is 21.7 Å². The molecule has 2 rings (SSSR count). The maximum Gasteiger partial charge on any atom is 0.257 e. The van der Waals surface area contributed by atoms with Crippen LogP contribution in [0.5, 0.6) is 5.75 Å². The van der Waals surface area contributed by atoms with E-state index in [1.54, 1.807) is 43.5 Å². The molecule has 126 valence electrons. The van der Waals surface area contributed by atoms with Crippen LogP contribution in [0.15, 0.2) is 48.5 Å². The van der Waals surface area contributed by atoms with Gasteiger partial charge in [0.15, 0.2) is 5.11 Å². The van der Waals surface area contributed by atoms with E-state index in [9.17, 15) is 9.18 Å². The average molecular weight is 348 g/mol. The Balaban J connectivity index is 1.89. The summed E-state index contributed by atoms with van der Waals surface area (Å²) < 4.78 is 23.8. The number of anilines is 1. The summed E-state index contributed by atoms with van der Waals surface area (Å²) >= 11 is 5.02. The van der Waals surface area contributed by atoms with E-state index in [1.165, 1.54) is 12.1 Å². The summed E-state index contributed by atoms with van der Waals surface area (Å²) in [5.74, 6) is -0.213. The van der Waals surface area contributed by atoms with Crippen molar-refractivity contribution in [1.82, 2.24) is 5.32 Å². The van der Waals surface area contributed by atoms with Crippen molar-refractivity contribution in [1.29, 1.82) is 0 Å². The summed E-state index contributed by atoms with van der Waals surface area (Å²) in [5, 5.41) is 5.16. The fourth-order valence-corrected chi connectivity index (χ4v) is 2.04. The number of thiocarbonyl (C=S) groups is 1. The summed E-state index contributed by atoms with van der Waals surface area (Å²) in [4.78, 5) is 12.1. The van der Waals surface area contributed by atoms with E-state index in [1.807, 2.05) is 0 Å². The van der Waals surface area contributed by atoms with Crippen molar-refractivity contribution in [2.75, 3.05) is 25.6 Å². The topological polar surface area (TPSA) is 59.6 Å². The number of nitrogens with one attached hydrogen (secondary N) is 2. The lowest BCUT2D eigenvalue weighted by molar-refractivity contribution is 0.0977. The van der Waals surface area contributed by atoms with E-state index in [0.717, 1.165) is 0 Å². The Labute approximate surface area is 144 Å². The Hall–Kier alpha value is -2.51. The number of methoxy groups -OCH3 is 1. The Morgan fingerprint density at radius 2 is 1.83 bits per heavy atom. The first kappa shape index (κ1) is 17.8. The Bertz CT molecular complexity index is 707. The van der Waals surface area contributed by atoms with Crippen molar-refractivity contribution in [3.63, 3.8) is 0 Å². The fraction of sp³-hybridized carbons (Fsp3) is 0.176. The van der Waals surface area contributed by atoms with Gasteiger partial charge in [-0.05, 0) is 48.6 Å². The number of halogens is 1. The van der Waals surface area contributed by atoms with Crippen molar-refractivity contribution in [2.24, 2.45) is 0 Å². The van der Waals surface area contributed by atoms with Gasteiger partial charge in [0.1, 0.15) is 18.2 Å². The van der Waals surface area contributed by atoms with Gasteiger partial charge in [0.25, 0.3) is 5.91 Å². The second-order valence-electron chi connectivity index (χ2n) is 4.75. The molecule has 2 aromatic rings. The molecule has 0 saturated carbocycles. The minimum Gasteiger partial charge on any atom is -0.491 e. The number of benzene rings is 2. The largest absolute Gasteiger partial charge is 0.491 e. The number of para-hydroxylation sites is 1. The number of hydrogen-bond acceptors (Lipinski definition) is 4. The van der Waals surface area contributed by atoms with Gasteiger partial charge in [0.05, 0.1) is 12.3 Å². The zero-order chi connectivity index (χ0) is 17.4. The number of carbonyl (C=O) groups is 1. The van der Waals surface area contributed by atoms with Gasteiger partial charge in [-0.3, -0.25) is 10.1 Å². The van der Waals surface area contributed by atoms with Crippen LogP contribution in [-0.2, 0) is 4.74 Å². The Morgan fingerprint density at radius 3 is 2.50 bits per heavy atom. The highest BCUT2D eigenvalue weighted by Gasteiger charge is 2.09. The van der Waals surface area contributed by atoms with Crippen molar-refractivity contribution in [2.45, 2.75) is 0 Å². The Kier molecular flexibility index (Phi) is 6.65. The summed E-state index contributed by atoms with van der Waals surface area (Å²) in [6.07, 6.45) is 0. The van der Waals surface area contributed by atoms with Crippen molar-refractivity contribution < 1.29 is 18.7 Å². The normalized spacial score (nSPS) is 10.1. The third kappa shape index (κ3) is 5.29. The van der Waals surface area contributed by atoms with E-state index in [-0.39, 0.29) is 10.8 Å². The van der Waals surface area contributed by atoms with Crippen LogP contribution >= 0.6 is 12.2 Å². The van der Waals surface area contributed by atoms with Gasteiger partial charge in [-0.25, -0.2) is 4.39 Å². The van der Waals surface area contributed by atoms with Crippen LogP contribution in [0, 0.1) is 5.82 Å². The minimum absolute atomic E-state index is 0.0190. The monoisotopic (exact) mass is 348 g/mol. The minimum atomic E-state index is -0.452. The fourth-order valence-electron chi connectivity index (χ4n) is 1.84. The molecule has 0 saturated heterocycles. The molecule has 0 heterocycles. The number of hydrogen-bond donors (Lipinski definition) is 2. The highest BCUT2D eigenvalue weighted by molar-refractivity contribution is 7.80. The highest BCUT2D eigenvalue weighted by atomic mass is 32.1. The van der Waals surface area contributed by atoms with Gasteiger partial charge in [-0.15, -0.1) is 0 Å². The maximum atomic E-state index is 13.5. The molecule has 0 aliphatic heterocycles. The van der Waals surface area contributed by atoms with E-state index in [0.29, 0.717) is 24.5 Å². The molecule has 0 radical (unpaired) electrons. The first-order valence-electron chi connectivity index (χ1n) is 7.19. The van der Waals surface area contributed by atoms with Crippen molar-refractivity contribution in [3.05, 3.63) is 59.9 Å². The second-order valence-corrected chi connectivity index (χ2v) is 5.16. The average Bonchev–Trinajstić information content (AvgIpc) is 2.58. The predicted octanol–water partition coefficient (Wildman–Crippen LogP) is 2.98. The van der Waals surface area contributed by atoms with E-state index in [2.05, 4.69) is 10.6 Å². The summed E-state index contributed by atoms with van der Waals surface area (Å²) in [7, 11) is 1.59. The summed E-state index contributed by atoms with van der Waals surface area (Å²) in [6, 6.07) is 12.6. The summed E-state index contributed by atoms with van der Waals surface area (Å²) in [6.45, 7) is 0.914. The van der Waals surface area contributed by atoms with Crippen LogP contribution < -0.4 is 15.4 Å². The summed E-state index contributed by atoms with van der Waals surface area (Å²) in [5.41, 5.74) is 0.608. The first-order chi connectivity index (χ1) is 11.6. The van der Waals surface area contributed by atoms with E-state index < -0.39 is 11.7 Å². The molecule has 2 aromatic carbocycles. The van der Waals surface area contributed by atoms with Gasteiger partial charge in [0, 0.05) is 12.7 Å². The van der Waals surface area contributed by atoms with Crippen LogP contribution in [0.3, 0.4) is 0 Å². The standard InChI is InChI=1S/C17H17FN2O3S/c1-22-10-11-23-13-8-6-12(7-9-13)16(21)20-17(24)19-15-5-3-2-4-14(15)18/h2-9H,10-11H2,1H3,(H2,19,20,21,24). The zero-order valence-electron chi connectivity index (χ0n) is 13.0. The molecule has 0 unspecified atom stereocenters. The lowest BCUT2D eigenvalue weighted by Crippen LogP contribution is -2.34. The molecular weight excluding hydrogens is 331 g/mol. The molecule has 5 nitrogen and oxygen atoms in total. The number of amides is 1. The SMILES string of the molecule is COCCOc1ccc(C(=O)NC(=S)Nc2ccccc2F)cc1. The lowest BCUT2D eigenvalue weighted by Gasteiger charge is -2.10. The van der Waals surface area contributed by atoms with Gasteiger partial charge in [-0.1, -0.05) is 12.1 Å². The van der Waals surface area contributed by atoms with Crippen LogP contribution in [0.25, 0.3) is 0 Å².